The third-order valence-corrected chi connectivity index (χ3v) is 8.06. The zero-order valence-corrected chi connectivity index (χ0v) is 21.5. The van der Waals surface area contributed by atoms with Gasteiger partial charge < -0.3 is 10.2 Å². The second-order valence-electron chi connectivity index (χ2n) is 10.00. The zero-order valence-electron chi connectivity index (χ0n) is 20.7. The lowest BCUT2D eigenvalue weighted by atomic mass is 9.92. The first-order valence-corrected chi connectivity index (χ1v) is 13.2. The molecule has 1 fully saturated rings. The highest BCUT2D eigenvalue weighted by atomic mass is 32.2. The van der Waals surface area contributed by atoms with Crippen LogP contribution in [0.25, 0.3) is 0 Å². The van der Waals surface area contributed by atoms with Crippen LogP contribution in [-0.2, 0) is 22.0 Å². The molecule has 1 aliphatic rings. The fourth-order valence-corrected chi connectivity index (χ4v) is 5.39. The Balaban J connectivity index is 1.59. The molecule has 2 heterocycles. The fourth-order valence-electron chi connectivity index (χ4n) is 3.92. The standard InChI is InChI=1S/C26H33N5O3S/c1-26(2,3)23-18-24(31(28-23)19-20-9-6-5-7-10-20)27-25(32)21-11-8-12-22(17-21)35(33,34)30-15-13-29(4)14-16-30/h5-12,17-18H,13-16,19H2,1-4H3,(H,27,32). The molecule has 4 rings (SSSR count). The van der Waals surface area contributed by atoms with Crippen LogP contribution in [-0.4, -0.2) is 66.5 Å². The summed E-state index contributed by atoms with van der Waals surface area (Å²) < 4.78 is 29.6. The second-order valence-corrected chi connectivity index (χ2v) is 11.9. The molecule has 1 saturated heterocycles. The van der Waals surface area contributed by atoms with Crippen molar-refractivity contribution in [2.45, 2.75) is 37.6 Å². The Morgan fingerprint density at radius 2 is 1.66 bits per heavy atom. The van der Waals surface area contributed by atoms with E-state index in [0.29, 0.717) is 38.5 Å². The molecule has 0 radical (unpaired) electrons. The van der Waals surface area contributed by atoms with Crippen LogP contribution in [0.3, 0.4) is 0 Å². The first-order chi connectivity index (χ1) is 16.5. The Morgan fingerprint density at radius 1 is 0.971 bits per heavy atom. The molecule has 0 atom stereocenters. The van der Waals surface area contributed by atoms with E-state index >= 15 is 0 Å². The summed E-state index contributed by atoms with van der Waals surface area (Å²) in [4.78, 5) is 15.4. The van der Waals surface area contributed by atoms with Gasteiger partial charge in [0.05, 0.1) is 17.1 Å². The smallest absolute Gasteiger partial charge is 0.256 e. The van der Waals surface area contributed by atoms with Crippen LogP contribution in [0, 0.1) is 0 Å². The lowest BCUT2D eigenvalue weighted by molar-refractivity contribution is 0.102. The first-order valence-electron chi connectivity index (χ1n) is 11.8. The highest BCUT2D eigenvalue weighted by Gasteiger charge is 2.28. The van der Waals surface area contributed by atoms with Gasteiger partial charge in [0, 0.05) is 43.2 Å². The number of carbonyl (C=O) groups is 1. The molecule has 0 aliphatic carbocycles. The number of benzene rings is 2. The normalized spacial score (nSPS) is 15.8. The molecular weight excluding hydrogens is 462 g/mol. The molecule has 1 aromatic heterocycles. The number of hydrogen-bond acceptors (Lipinski definition) is 5. The molecule has 186 valence electrons. The summed E-state index contributed by atoms with van der Waals surface area (Å²) in [5.41, 5.74) is 2.00. The van der Waals surface area contributed by atoms with Gasteiger partial charge in [-0.05, 0) is 30.8 Å². The Labute approximate surface area is 207 Å². The Hall–Kier alpha value is -3.01. The maximum Gasteiger partial charge on any atom is 0.256 e. The van der Waals surface area contributed by atoms with Gasteiger partial charge in [0.15, 0.2) is 0 Å². The van der Waals surface area contributed by atoms with Gasteiger partial charge in [0.25, 0.3) is 5.91 Å². The number of anilines is 1. The topological polar surface area (TPSA) is 87.5 Å². The summed E-state index contributed by atoms with van der Waals surface area (Å²) in [6.45, 7) is 8.95. The van der Waals surface area contributed by atoms with Crippen molar-refractivity contribution in [3.63, 3.8) is 0 Å². The first kappa shape index (κ1) is 25.1. The van der Waals surface area contributed by atoms with Crippen LogP contribution < -0.4 is 5.32 Å². The van der Waals surface area contributed by atoms with Crippen molar-refractivity contribution in [1.82, 2.24) is 19.0 Å². The average Bonchev–Trinajstić information content (AvgIpc) is 3.23. The van der Waals surface area contributed by atoms with Crippen LogP contribution in [0.4, 0.5) is 5.82 Å². The zero-order chi connectivity index (χ0) is 25.2. The van der Waals surface area contributed by atoms with E-state index in [-0.39, 0.29) is 21.8 Å². The number of nitrogens with one attached hydrogen (secondary N) is 1. The van der Waals surface area contributed by atoms with Crippen molar-refractivity contribution >= 4 is 21.7 Å². The summed E-state index contributed by atoms with van der Waals surface area (Å²) in [5, 5.41) is 7.69. The van der Waals surface area contributed by atoms with Crippen molar-refractivity contribution < 1.29 is 13.2 Å². The summed E-state index contributed by atoms with van der Waals surface area (Å²) >= 11 is 0. The number of amides is 1. The van der Waals surface area contributed by atoms with E-state index in [1.165, 1.54) is 10.4 Å². The number of hydrogen-bond donors (Lipinski definition) is 1. The largest absolute Gasteiger partial charge is 0.307 e. The van der Waals surface area contributed by atoms with Gasteiger partial charge >= 0.3 is 0 Å². The van der Waals surface area contributed by atoms with Crippen molar-refractivity contribution in [2.24, 2.45) is 0 Å². The van der Waals surface area contributed by atoms with E-state index in [1.807, 2.05) is 43.4 Å². The molecule has 0 spiro atoms. The minimum Gasteiger partial charge on any atom is -0.307 e. The highest BCUT2D eigenvalue weighted by Crippen LogP contribution is 2.25. The molecule has 0 unspecified atom stereocenters. The van der Waals surface area contributed by atoms with E-state index in [1.54, 1.807) is 22.9 Å². The van der Waals surface area contributed by atoms with E-state index in [0.717, 1.165) is 11.3 Å². The molecule has 1 amide bonds. The molecule has 0 bridgehead atoms. The molecule has 1 N–H and O–H groups in total. The Kier molecular flexibility index (Phi) is 7.12. The maximum atomic E-state index is 13.2. The summed E-state index contributed by atoms with van der Waals surface area (Å²) in [6.07, 6.45) is 0. The summed E-state index contributed by atoms with van der Waals surface area (Å²) in [6, 6.07) is 18.0. The van der Waals surface area contributed by atoms with Crippen molar-refractivity contribution in [2.75, 3.05) is 38.5 Å². The van der Waals surface area contributed by atoms with Gasteiger partial charge in [-0.3, -0.25) is 4.79 Å². The minimum absolute atomic E-state index is 0.128. The number of likely N-dealkylation sites (N-methyl/N-ethyl adjacent to an activating group) is 1. The molecule has 35 heavy (non-hydrogen) atoms. The number of sulfonamides is 1. The van der Waals surface area contributed by atoms with Crippen LogP contribution in [0.15, 0.2) is 65.6 Å². The maximum absolute atomic E-state index is 13.2. The molecule has 2 aromatic carbocycles. The predicted molar refractivity (Wildman–Crippen MR) is 137 cm³/mol. The lowest BCUT2D eigenvalue weighted by Crippen LogP contribution is -2.47. The van der Waals surface area contributed by atoms with Crippen molar-refractivity contribution in [3.8, 4) is 0 Å². The van der Waals surface area contributed by atoms with Crippen LogP contribution >= 0.6 is 0 Å². The van der Waals surface area contributed by atoms with Gasteiger partial charge in [-0.2, -0.15) is 9.40 Å². The number of aromatic nitrogens is 2. The van der Waals surface area contributed by atoms with E-state index in [2.05, 4.69) is 31.0 Å². The molecule has 9 heteroatoms. The van der Waals surface area contributed by atoms with Gasteiger partial charge in [-0.25, -0.2) is 13.1 Å². The van der Waals surface area contributed by atoms with E-state index in [4.69, 9.17) is 5.10 Å². The summed E-state index contributed by atoms with van der Waals surface area (Å²) in [7, 11) is -1.69. The molecule has 1 aliphatic heterocycles. The fraction of sp³-hybridized carbons (Fsp3) is 0.385. The molecular formula is C26H33N5O3S. The van der Waals surface area contributed by atoms with Gasteiger partial charge in [-0.1, -0.05) is 57.2 Å². The van der Waals surface area contributed by atoms with Gasteiger partial charge in [0.1, 0.15) is 5.82 Å². The Morgan fingerprint density at radius 3 is 2.31 bits per heavy atom. The van der Waals surface area contributed by atoms with Crippen molar-refractivity contribution in [1.29, 1.82) is 0 Å². The number of nitrogens with zero attached hydrogens (tertiary/aromatic N) is 4. The Bertz CT molecular complexity index is 1290. The minimum atomic E-state index is -3.67. The molecule has 3 aromatic rings. The lowest BCUT2D eigenvalue weighted by Gasteiger charge is -2.31. The highest BCUT2D eigenvalue weighted by molar-refractivity contribution is 7.89. The summed E-state index contributed by atoms with van der Waals surface area (Å²) in [5.74, 6) is 0.186. The number of piperazine rings is 1. The van der Waals surface area contributed by atoms with Gasteiger partial charge in [-0.15, -0.1) is 0 Å². The third-order valence-electron chi connectivity index (χ3n) is 6.16. The molecule has 8 nitrogen and oxygen atoms in total. The number of rotatable bonds is 6. The average molecular weight is 496 g/mol. The van der Waals surface area contributed by atoms with Crippen LogP contribution in [0.2, 0.25) is 0 Å². The molecule has 0 saturated carbocycles. The number of carbonyl (C=O) groups excluding carboxylic acids is 1. The van der Waals surface area contributed by atoms with Gasteiger partial charge in [0.2, 0.25) is 10.0 Å². The monoisotopic (exact) mass is 495 g/mol. The predicted octanol–water partition coefficient (Wildman–Crippen LogP) is 3.42. The third kappa shape index (κ3) is 5.80. The van der Waals surface area contributed by atoms with Crippen LogP contribution in [0.1, 0.15) is 42.4 Å². The van der Waals surface area contributed by atoms with E-state index < -0.39 is 10.0 Å². The second kappa shape index (κ2) is 9.93. The van der Waals surface area contributed by atoms with E-state index in [9.17, 15) is 13.2 Å². The quantitative estimate of drug-likeness (QED) is 0.566. The van der Waals surface area contributed by atoms with Crippen molar-refractivity contribution in [3.05, 3.63) is 77.5 Å². The van der Waals surface area contributed by atoms with Crippen LogP contribution in [0.5, 0.6) is 0 Å². The SMILES string of the molecule is CN1CCN(S(=O)(=O)c2cccc(C(=O)Nc3cc(C(C)(C)C)nn3Cc3ccccc3)c2)CC1.